The summed E-state index contributed by atoms with van der Waals surface area (Å²) >= 11 is 0. The molecule has 1 N–H and O–H groups in total. The average Bonchev–Trinajstić information content (AvgIpc) is 3.41. The van der Waals surface area contributed by atoms with Crippen LogP contribution in [0.25, 0.3) is 0 Å². The topological polar surface area (TPSA) is 40.5 Å². The summed E-state index contributed by atoms with van der Waals surface area (Å²) in [6, 6.07) is 5.97. The Bertz CT molecular complexity index is 844. The highest BCUT2D eigenvalue weighted by molar-refractivity contribution is 5.67. The van der Waals surface area contributed by atoms with Crippen LogP contribution in [-0.4, -0.2) is 35.1 Å². The van der Waals surface area contributed by atoms with Crippen molar-refractivity contribution in [1.29, 1.82) is 0 Å². The van der Waals surface area contributed by atoms with Crippen LogP contribution in [0.4, 0.5) is 13.2 Å². The number of rotatable bonds is 8. The van der Waals surface area contributed by atoms with Crippen molar-refractivity contribution in [3.05, 3.63) is 35.4 Å². The van der Waals surface area contributed by atoms with Gasteiger partial charge < -0.3 is 5.11 Å². The summed E-state index contributed by atoms with van der Waals surface area (Å²) in [5.74, 6) is 0.738. The van der Waals surface area contributed by atoms with E-state index in [0.29, 0.717) is 17.3 Å². The largest absolute Gasteiger partial charge is 0.481 e. The van der Waals surface area contributed by atoms with Gasteiger partial charge in [0.1, 0.15) is 0 Å². The summed E-state index contributed by atoms with van der Waals surface area (Å²) in [6.45, 7) is 6.85. The third-order valence-corrected chi connectivity index (χ3v) is 9.05. The molecule has 3 aliphatic rings. The minimum absolute atomic E-state index is 0.0752. The van der Waals surface area contributed by atoms with Crippen LogP contribution in [0.15, 0.2) is 24.3 Å². The van der Waals surface area contributed by atoms with E-state index in [1.165, 1.54) is 57.1 Å². The maximum absolute atomic E-state index is 13.2. The van der Waals surface area contributed by atoms with E-state index in [-0.39, 0.29) is 24.3 Å². The summed E-state index contributed by atoms with van der Waals surface area (Å²) in [6.07, 6.45) is 7.19. The van der Waals surface area contributed by atoms with Gasteiger partial charge in [-0.05, 0) is 98.1 Å². The first-order valence-corrected chi connectivity index (χ1v) is 13.6. The number of aliphatic carboxylic acids is 1. The summed E-state index contributed by atoms with van der Waals surface area (Å²) in [5.41, 5.74) is 0.698. The maximum atomic E-state index is 13.2. The lowest BCUT2D eigenvalue weighted by Crippen LogP contribution is -2.47. The number of carboxylic acid groups (broad SMARTS) is 1. The lowest BCUT2D eigenvalue weighted by molar-refractivity contribution is -0.139. The fraction of sp³-hybridized carbons (Fsp3) is 0.759. The van der Waals surface area contributed by atoms with Crippen molar-refractivity contribution in [2.24, 2.45) is 23.2 Å². The van der Waals surface area contributed by atoms with Gasteiger partial charge in [0.15, 0.2) is 0 Å². The second-order valence-electron chi connectivity index (χ2n) is 12.4. The van der Waals surface area contributed by atoms with Crippen LogP contribution in [0.3, 0.4) is 0 Å². The van der Waals surface area contributed by atoms with Crippen LogP contribution in [-0.2, 0) is 11.0 Å². The van der Waals surface area contributed by atoms with E-state index in [9.17, 15) is 23.1 Å². The molecule has 196 valence electrons. The van der Waals surface area contributed by atoms with Gasteiger partial charge in [0.05, 0.1) is 5.56 Å². The van der Waals surface area contributed by atoms with Gasteiger partial charge in [0.25, 0.3) is 0 Å². The minimum atomic E-state index is -4.35. The van der Waals surface area contributed by atoms with E-state index >= 15 is 0 Å². The molecule has 35 heavy (non-hydrogen) atoms. The fourth-order valence-corrected chi connectivity index (χ4v) is 7.33. The zero-order valence-corrected chi connectivity index (χ0v) is 21.3. The lowest BCUT2D eigenvalue weighted by Gasteiger charge is -2.44. The number of hydrogen-bond acceptors (Lipinski definition) is 2. The Hall–Kier alpha value is -1.56. The Morgan fingerprint density at radius 1 is 0.971 bits per heavy atom. The first-order valence-electron chi connectivity index (χ1n) is 13.6. The molecule has 1 aromatic rings. The zero-order valence-electron chi connectivity index (χ0n) is 21.3. The highest BCUT2D eigenvalue weighted by Crippen LogP contribution is 2.45. The van der Waals surface area contributed by atoms with E-state index < -0.39 is 17.7 Å². The van der Waals surface area contributed by atoms with Crippen molar-refractivity contribution in [3.63, 3.8) is 0 Å². The Morgan fingerprint density at radius 3 is 2.20 bits per heavy atom. The van der Waals surface area contributed by atoms with Gasteiger partial charge in [-0.3, -0.25) is 9.69 Å². The first kappa shape index (κ1) is 26.5. The SMILES string of the molecule is CC1(C)CCC(CN(CC2CCCC2)[C@@H]2CCC(CC(=O)O)CC2c2ccc(C(F)(F)F)cc2)C1. The second-order valence-corrected chi connectivity index (χ2v) is 12.4. The molecule has 3 saturated carbocycles. The first-order chi connectivity index (χ1) is 16.5. The Balaban J connectivity index is 1.59. The summed E-state index contributed by atoms with van der Waals surface area (Å²) in [5, 5.41) is 9.42. The Morgan fingerprint density at radius 2 is 1.63 bits per heavy atom. The fourth-order valence-electron chi connectivity index (χ4n) is 7.33. The van der Waals surface area contributed by atoms with E-state index in [1.807, 2.05) is 0 Å². The number of nitrogens with zero attached hydrogens (tertiary/aromatic N) is 1. The van der Waals surface area contributed by atoms with Gasteiger partial charge in [0.2, 0.25) is 0 Å². The van der Waals surface area contributed by atoms with Crippen LogP contribution in [0.1, 0.15) is 102 Å². The average molecular weight is 494 g/mol. The van der Waals surface area contributed by atoms with Crippen LogP contribution < -0.4 is 0 Å². The quantitative estimate of drug-likeness (QED) is 0.402. The molecule has 1 aromatic carbocycles. The highest BCUT2D eigenvalue weighted by atomic mass is 19.4. The third-order valence-electron chi connectivity index (χ3n) is 9.05. The second kappa shape index (κ2) is 10.8. The number of carbonyl (C=O) groups is 1. The molecule has 0 radical (unpaired) electrons. The molecule has 0 bridgehead atoms. The molecule has 3 nitrogen and oxygen atoms in total. The lowest BCUT2D eigenvalue weighted by atomic mass is 9.72. The van der Waals surface area contributed by atoms with Crippen molar-refractivity contribution in [3.8, 4) is 0 Å². The molecule has 0 saturated heterocycles. The molecule has 0 amide bonds. The van der Waals surface area contributed by atoms with Crippen molar-refractivity contribution >= 4 is 5.97 Å². The zero-order chi connectivity index (χ0) is 25.2. The standard InChI is InChI=1S/C29H42F3NO2/c1-28(2)14-13-22(17-28)19-33(18-20-5-3-4-6-20)26-12-7-21(16-27(34)35)15-25(26)23-8-10-24(11-9-23)29(30,31)32/h8-11,20-22,25-26H,3-7,12-19H2,1-2H3,(H,34,35)/t21?,22?,25?,26-/m1/s1. The Labute approximate surface area is 208 Å². The predicted molar refractivity (Wildman–Crippen MR) is 132 cm³/mol. The van der Waals surface area contributed by atoms with Gasteiger partial charge in [0, 0.05) is 25.6 Å². The number of carboxylic acids is 1. The highest BCUT2D eigenvalue weighted by Gasteiger charge is 2.40. The monoisotopic (exact) mass is 493 g/mol. The number of hydrogen-bond donors (Lipinski definition) is 1. The molecular weight excluding hydrogens is 451 g/mol. The molecule has 0 spiro atoms. The summed E-state index contributed by atoms with van der Waals surface area (Å²) < 4.78 is 39.6. The van der Waals surface area contributed by atoms with Crippen LogP contribution in [0, 0.1) is 23.2 Å². The van der Waals surface area contributed by atoms with Crippen LogP contribution in [0.2, 0.25) is 0 Å². The smallest absolute Gasteiger partial charge is 0.416 e. The summed E-state index contributed by atoms with van der Waals surface area (Å²) in [7, 11) is 0. The molecule has 4 atom stereocenters. The van der Waals surface area contributed by atoms with Crippen LogP contribution in [0.5, 0.6) is 0 Å². The van der Waals surface area contributed by atoms with Gasteiger partial charge in [-0.2, -0.15) is 13.2 Å². The molecule has 3 fully saturated rings. The van der Waals surface area contributed by atoms with Crippen molar-refractivity contribution in [2.75, 3.05) is 13.1 Å². The molecule has 0 aliphatic heterocycles. The van der Waals surface area contributed by atoms with E-state index in [2.05, 4.69) is 18.7 Å². The third kappa shape index (κ3) is 7.02. The molecule has 3 aliphatic carbocycles. The number of alkyl halides is 3. The minimum Gasteiger partial charge on any atom is -0.481 e. The predicted octanol–water partition coefficient (Wildman–Crippen LogP) is 7.75. The Kier molecular flexibility index (Phi) is 8.19. The molecule has 3 unspecified atom stereocenters. The van der Waals surface area contributed by atoms with E-state index in [4.69, 9.17) is 0 Å². The molecular formula is C29H42F3NO2. The van der Waals surface area contributed by atoms with E-state index in [1.54, 1.807) is 12.1 Å². The number of halogens is 3. The molecule has 6 heteroatoms. The normalized spacial score (nSPS) is 29.7. The molecule has 0 aromatic heterocycles. The van der Waals surface area contributed by atoms with Gasteiger partial charge >= 0.3 is 12.1 Å². The number of benzene rings is 1. The van der Waals surface area contributed by atoms with Gasteiger partial charge in [-0.15, -0.1) is 0 Å². The van der Waals surface area contributed by atoms with Crippen molar-refractivity contribution < 1.29 is 23.1 Å². The van der Waals surface area contributed by atoms with Gasteiger partial charge in [-0.1, -0.05) is 38.8 Å². The van der Waals surface area contributed by atoms with Gasteiger partial charge in [-0.25, -0.2) is 0 Å². The maximum Gasteiger partial charge on any atom is 0.416 e. The summed E-state index contributed by atoms with van der Waals surface area (Å²) in [4.78, 5) is 14.2. The van der Waals surface area contributed by atoms with Crippen molar-refractivity contribution in [2.45, 2.75) is 103 Å². The van der Waals surface area contributed by atoms with Crippen LogP contribution >= 0.6 is 0 Å². The van der Waals surface area contributed by atoms with Crippen molar-refractivity contribution in [1.82, 2.24) is 4.90 Å². The van der Waals surface area contributed by atoms with E-state index in [0.717, 1.165) is 37.9 Å². The molecule has 4 rings (SSSR count). The molecule has 0 heterocycles.